The Morgan fingerprint density at radius 2 is 2.00 bits per heavy atom. The maximum Gasteiger partial charge on any atom is 0.316 e. The van der Waals surface area contributed by atoms with Crippen molar-refractivity contribution in [2.45, 2.75) is 6.42 Å². The number of ether oxygens (including phenoxy) is 1. The molecule has 1 aromatic rings. The minimum Gasteiger partial charge on any atom is -0.494 e. The predicted octanol–water partition coefficient (Wildman–Crippen LogP) is 1.73. The number of nitrogens with zero attached hydrogens (tertiary/aromatic N) is 1. The van der Waals surface area contributed by atoms with E-state index < -0.39 is 0 Å². The fourth-order valence-corrected chi connectivity index (χ4v) is 1.13. The minimum absolute atomic E-state index is 0.0697. The molecule has 0 fully saturated rings. The van der Waals surface area contributed by atoms with E-state index in [0.717, 1.165) is 12.2 Å². The topological polar surface area (TPSA) is 41.6 Å². The van der Waals surface area contributed by atoms with Crippen LogP contribution in [0.5, 0.6) is 5.75 Å². The van der Waals surface area contributed by atoms with Crippen LogP contribution < -0.4 is 10.1 Å². The third-order valence-corrected chi connectivity index (χ3v) is 2.02. The predicted molar refractivity (Wildman–Crippen MR) is 63.6 cm³/mol. The monoisotopic (exact) mass is 222 g/mol. The molecule has 1 N–H and O–H groups in total. The fourth-order valence-electron chi connectivity index (χ4n) is 1.13. The van der Waals surface area contributed by atoms with Crippen LogP contribution in [-0.4, -0.2) is 38.2 Å². The van der Waals surface area contributed by atoms with Crippen LogP contribution in [0.25, 0.3) is 0 Å². The number of para-hydroxylation sites is 1. The molecule has 0 aliphatic rings. The molecule has 0 aliphatic heterocycles. The van der Waals surface area contributed by atoms with Crippen LogP contribution in [0.15, 0.2) is 30.3 Å². The van der Waals surface area contributed by atoms with E-state index in [-0.39, 0.29) is 6.03 Å². The molecule has 1 aromatic carbocycles. The Morgan fingerprint density at radius 3 is 2.62 bits per heavy atom. The first-order chi connectivity index (χ1) is 7.70. The van der Waals surface area contributed by atoms with Gasteiger partial charge in [0.1, 0.15) is 5.75 Å². The lowest BCUT2D eigenvalue weighted by atomic mass is 10.3. The van der Waals surface area contributed by atoms with Gasteiger partial charge in [0, 0.05) is 20.6 Å². The second kappa shape index (κ2) is 6.71. The van der Waals surface area contributed by atoms with Crippen LogP contribution in [0, 0.1) is 0 Å². The summed E-state index contributed by atoms with van der Waals surface area (Å²) in [5, 5.41) is 2.78. The number of amides is 2. The van der Waals surface area contributed by atoms with Crippen molar-refractivity contribution in [2.75, 3.05) is 27.2 Å². The highest BCUT2D eigenvalue weighted by Gasteiger charge is 2.00. The summed E-state index contributed by atoms with van der Waals surface area (Å²) in [6.45, 7) is 1.24. The van der Waals surface area contributed by atoms with Gasteiger partial charge in [0.25, 0.3) is 0 Å². The van der Waals surface area contributed by atoms with Crippen LogP contribution in [-0.2, 0) is 0 Å². The molecule has 0 atom stereocenters. The van der Waals surface area contributed by atoms with Crippen molar-refractivity contribution in [3.8, 4) is 5.75 Å². The molecule has 0 heterocycles. The summed E-state index contributed by atoms with van der Waals surface area (Å²) in [6, 6.07) is 9.58. The highest BCUT2D eigenvalue weighted by molar-refractivity contribution is 5.73. The van der Waals surface area contributed by atoms with Gasteiger partial charge in [0.15, 0.2) is 0 Å². The highest BCUT2D eigenvalue weighted by Crippen LogP contribution is 2.07. The summed E-state index contributed by atoms with van der Waals surface area (Å²) in [5.41, 5.74) is 0. The van der Waals surface area contributed by atoms with Gasteiger partial charge in [-0.2, -0.15) is 0 Å². The van der Waals surface area contributed by atoms with E-state index in [4.69, 9.17) is 4.74 Å². The highest BCUT2D eigenvalue weighted by atomic mass is 16.5. The van der Waals surface area contributed by atoms with Gasteiger partial charge >= 0.3 is 6.03 Å². The van der Waals surface area contributed by atoms with E-state index in [9.17, 15) is 4.79 Å². The van der Waals surface area contributed by atoms with E-state index in [1.807, 2.05) is 30.3 Å². The maximum atomic E-state index is 11.1. The Morgan fingerprint density at radius 1 is 1.31 bits per heavy atom. The van der Waals surface area contributed by atoms with Crippen molar-refractivity contribution in [1.29, 1.82) is 0 Å². The molecular weight excluding hydrogens is 204 g/mol. The number of carbonyl (C=O) groups excluding carboxylic acids is 1. The maximum absolute atomic E-state index is 11.1. The summed E-state index contributed by atoms with van der Waals surface area (Å²) >= 11 is 0. The van der Waals surface area contributed by atoms with E-state index in [1.54, 1.807) is 14.1 Å². The Kier molecular flexibility index (Phi) is 5.19. The first-order valence-corrected chi connectivity index (χ1v) is 5.33. The van der Waals surface area contributed by atoms with Gasteiger partial charge in [-0.15, -0.1) is 0 Å². The molecule has 16 heavy (non-hydrogen) atoms. The zero-order chi connectivity index (χ0) is 11.8. The molecule has 2 amide bonds. The zero-order valence-corrected chi connectivity index (χ0v) is 9.77. The Labute approximate surface area is 96.2 Å². The summed E-state index contributed by atoms with van der Waals surface area (Å²) in [5.74, 6) is 0.862. The average Bonchev–Trinajstić information content (AvgIpc) is 2.29. The van der Waals surface area contributed by atoms with Crippen molar-refractivity contribution in [3.05, 3.63) is 30.3 Å². The molecule has 0 bridgehead atoms. The Hall–Kier alpha value is -1.71. The number of benzene rings is 1. The summed E-state index contributed by atoms with van der Waals surface area (Å²) < 4.78 is 5.48. The van der Waals surface area contributed by atoms with Crippen LogP contribution in [0.3, 0.4) is 0 Å². The third-order valence-electron chi connectivity index (χ3n) is 2.02. The van der Waals surface area contributed by atoms with Gasteiger partial charge in [0.05, 0.1) is 6.61 Å². The number of urea groups is 1. The molecule has 0 saturated carbocycles. The Bertz CT molecular complexity index is 312. The lowest BCUT2D eigenvalue weighted by molar-refractivity contribution is 0.216. The fraction of sp³-hybridized carbons (Fsp3) is 0.417. The number of nitrogens with one attached hydrogen (secondary N) is 1. The molecule has 0 radical (unpaired) electrons. The largest absolute Gasteiger partial charge is 0.494 e. The number of rotatable bonds is 5. The second-order valence-corrected chi connectivity index (χ2v) is 3.64. The van der Waals surface area contributed by atoms with Gasteiger partial charge in [-0.1, -0.05) is 18.2 Å². The average molecular weight is 222 g/mol. The van der Waals surface area contributed by atoms with Crippen molar-refractivity contribution < 1.29 is 9.53 Å². The molecule has 0 aliphatic carbocycles. The van der Waals surface area contributed by atoms with E-state index in [0.29, 0.717) is 13.2 Å². The molecule has 4 nitrogen and oxygen atoms in total. The quantitative estimate of drug-likeness (QED) is 0.771. The third kappa shape index (κ3) is 4.68. The van der Waals surface area contributed by atoms with Crippen molar-refractivity contribution in [2.24, 2.45) is 0 Å². The molecule has 1 rings (SSSR count). The summed E-state index contributed by atoms with van der Waals surface area (Å²) in [4.78, 5) is 12.7. The smallest absolute Gasteiger partial charge is 0.316 e. The van der Waals surface area contributed by atoms with Gasteiger partial charge < -0.3 is 15.0 Å². The summed E-state index contributed by atoms with van der Waals surface area (Å²) in [6.07, 6.45) is 0.800. The molecule has 0 saturated heterocycles. The minimum atomic E-state index is -0.0697. The molecular formula is C12H18N2O2. The standard InChI is InChI=1S/C12H18N2O2/c1-14(2)12(15)13-9-6-10-16-11-7-4-3-5-8-11/h3-5,7-8H,6,9-10H2,1-2H3,(H,13,15). The van der Waals surface area contributed by atoms with E-state index >= 15 is 0 Å². The van der Waals surface area contributed by atoms with Crippen LogP contribution in [0.4, 0.5) is 4.79 Å². The first-order valence-electron chi connectivity index (χ1n) is 5.33. The molecule has 0 spiro atoms. The lowest BCUT2D eigenvalue weighted by Crippen LogP contribution is -2.35. The lowest BCUT2D eigenvalue weighted by Gasteiger charge is -2.12. The van der Waals surface area contributed by atoms with Crippen molar-refractivity contribution in [1.82, 2.24) is 10.2 Å². The number of carbonyl (C=O) groups is 1. The van der Waals surface area contributed by atoms with Crippen molar-refractivity contribution in [3.63, 3.8) is 0 Å². The van der Waals surface area contributed by atoms with E-state index in [2.05, 4.69) is 5.32 Å². The molecule has 0 aromatic heterocycles. The SMILES string of the molecule is CN(C)C(=O)NCCCOc1ccccc1. The van der Waals surface area contributed by atoms with Gasteiger partial charge in [-0.25, -0.2) is 4.79 Å². The van der Waals surface area contributed by atoms with Gasteiger partial charge in [-0.3, -0.25) is 0 Å². The van der Waals surface area contributed by atoms with Gasteiger partial charge in [-0.05, 0) is 18.6 Å². The van der Waals surface area contributed by atoms with Crippen LogP contribution >= 0.6 is 0 Å². The zero-order valence-electron chi connectivity index (χ0n) is 9.77. The summed E-state index contributed by atoms with van der Waals surface area (Å²) in [7, 11) is 3.44. The number of hydrogen-bond acceptors (Lipinski definition) is 2. The first kappa shape index (κ1) is 12.4. The Balaban J connectivity index is 2.07. The normalized spacial score (nSPS) is 9.62. The van der Waals surface area contributed by atoms with E-state index in [1.165, 1.54) is 4.90 Å². The second-order valence-electron chi connectivity index (χ2n) is 3.64. The number of hydrogen-bond donors (Lipinski definition) is 1. The molecule has 88 valence electrons. The van der Waals surface area contributed by atoms with Gasteiger partial charge in [0.2, 0.25) is 0 Å². The van der Waals surface area contributed by atoms with Crippen molar-refractivity contribution >= 4 is 6.03 Å². The molecule has 4 heteroatoms. The van der Waals surface area contributed by atoms with Crippen LogP contribution in [0.1, 0.15) is 6.42 Å². The van der Waals surface area contributed by atoms with Crippen LogP contribution in [0.2, 0.25) is 0 Å². The molecule has 0 unspecified atom stereocenters.